The Bertz CT molecular complexity index is 839. The van der Waals surface area contributed by atoms with E-state index in [4.69, 9.17) is 11.6 Å². The molecule has 0 aliphatic rings. The van der Waals surface area contributed by atoms with Gasteiger partial charge in [0.2, 0.25) is 5.91 Å². The van der Waals surface area contributed by atoms with E-state index < -0.39 is 0 Å². The van der Waals surface area contributed by atoms with E-state index >= 15 is 0 Å². The van der Waals surface area contributed by atoms with Crippen LogP contribution in [-0.4, -0.2) is 22.2 Å². The normalized spacial score (nSPS) is 10.9. The monoisotopic (exact) mass is 341 g/mol. The molecule has 0 aliphatic carbocycles. The first-order valence-corrected chi connectivity index (χ1v) is 8.43. The number of carbonyl (C=O) groups excluding carboxylic acids is 1. The van der Waals surface area contributed by atoms with Gasteiger partial charge in [0.25, 0.3) is 0 Å². The molecule has 3 rings (SSSR count). The van der Waals surface area contributed by atoms with Crippen LogP contribution < -0.4 is 5.32 Å². The summed E-state index contributed by atoms with van der Waals surface area (Å²) < 4.78 is 1.89. The van der Waals surface area contributed by atoms with Crippen molar-refractivity contribution in [3.8, 4) is 0 Å². The average Bonchev–Trinajstić information content (AvgIpc) is 2.99. The second-order valence-corrected chi connectivity index (χ2v) is 6.29. The van der Waals surface area contributed by atoms with Crippen LogP contribution in [0.2, 0.25) is 5.02 Å². The van der Waals surface area contributed by atoms with E-state index in [-0.39, 0.29) is 5.91 Å². The molecule has 0 fully saturated rings. The molecule has 1 amide bonds. The molecule has 0 aliphatic heterocycles. The number of amides is 1. The number of aryl methyl sites for hydroxylation is 2. The molecule has 0 unspecified atom stereocenters. The fourth-order valence-corrected chi connectivity index (χ4v) is 2.85. The molecule has 0 saturated carbocycles. The van der Waals surface area contributed by atoms with Gasteiger partial charge >= 0.3 is 0 Å². The maximum atomic E-state index is 12.0. The van der Waals surface area contributed by atoms with E-state index in [0.717, 1.165) is 27.9 Å². The summed E-state index contributed by atoms with van der Waals surface area (Å²) in [6.45, 7) is 3.27. The SMILES string of the molecule is Cc1cccc2c1cnn2CCC(=O)NCCc1ccc(Cl)cc1. The van der Waals surface area contributed by atoms with Crippen LogP contribution in [0.3, 0.4) is 0 Å². The number of rotatable bonds is 6. The molecule has 0 bridgehead atoms. The molecule has 0 spiro atoms. The fourth-order valence-electron chi connectivity index (χ4n) is 2.72. The van der Waals surface area contributed by atoms with Crippen molar-refractivity contribution < 1.29 is 4.79 Å². The second-order valence-electron chi connectivity index (χ2n) is 5.85. The Kier molecular flexibility index (Phi) is 5.16. The number of nitrogens with zero attached hydrogens (tertiary/aromatic N) is 2. The standard InChI is InChI=1S/C19H20ClN3O/c1-14-3-2-4-18-17(14)13-22-23(18)12-10-19(24)21-11-9-15-5-7-16(20)8-6-15/h2-8,13H,9-12H2,1H3,(H,21,24). The van der Waals surface area contributed by atoms with Crippen molar-refractivity contribution in [2.75, 3.05) is 6.54 Å². The average molecular weight is 342 g/mol. The summed E-state index contributed by atoms with van der Waals surface area (Å²) in [5, 5.41) is 9.21. The van der Waals surface area contributed by atoms with Gasteiger partial charge in [-0.1, -0.05) is 35.9 Å². The molecule has 0 atom stereocenters. The minimum atomic E-state index is 0.0419. The summed E-state index contributed by atoms with van der Waals surface area (Å²) in [5.41, 5.74) is 3.43. The van der Waals surface area contributed by atoms with Gasteiger partial charge in [-0.3, -0.25) is 9.48 Å². The minimum absolute atomic E-state index is 0.0419. The molecule has 1 N–H and O–H groups in total. The van der Waals surface area contributed by atoms with Crippen molar-refractivity contribution in [3.63, 3.8) is 0 Å². The van der Waals surface area contributed by atoms with Crippen molar-refractivity contribution in [1.82, 2.24) is 15.1 Å². The summed E-state index contributed by atoms with van der Waals surface area (Å²) in [6.07, 6.45) is 3.08. The van der Waals surface area contributed by atoms with Crippen molar-refractivity contribution in [2.24, 2.45) is 0 Å². The maximum Gasteiger partial charge on any atom is 0.221 e. The van der Waals surface area contributed by atoms with E-state index in [9.17, 15) is 4.79 Å². The topological polar surface area (TPSA) is 46.9 Å². The summed E-state index contributed by atoms with van der Waals surface area (Å²) in [4.78, 5) is 12.0. The Morgan fingerprint density at radius 3 is 2.79 bits per heavy atom. The number of nitrogens with one attached hydrogen (secondary N) is 1. The van der Waals surface area contributed by atoms with Crippen LogP contribution in [0.25, 0.3) is 10.9 Å². The highest BCUT2D eigenvalue weighted by Crippen LogP contribution is 2.17. The quantitative estimate of drug-likeness (QED) is 0.742. The lowest BCUT2D eigenvalue weighted by molar-refractivity contribution is -0.121. The van der Waals surface area contributed by atoms with Crippen molar-refractivity contribution in [3.05, 3.63) is 64.8 Å². The van der Waals surface area contributed by atoms with Gasteiger partial charge in [0.05, 0.1) is 18.3 Å². The summed E-state index contributed by atoms with van der Waals surface area (Å²) in [5.74, 6) is 0.0419. The van der Waals surface area contributed by atoms with Crippen LogP contribution in [0, 0.1) is 6.92 Å². The predicted molar refractivity (Wildman–Crippen MR) is 97.3 cm³/mol. The van der Waals surface area contributed by atoms with Crippen molar-refractivity contribution in [1.29, 1.82) is 0 Å². The molecule has 0 saturated heterocycles. The third-order valence-corrected chi connectivity index (χ3v) is 4.36. The van der Waals surface area contributed by atoms with Crippen molar-refractivity contribution in [2.45, 2.75) is 26.3 Å². The van der Waals surface area contributed by atoms with Gasteiger partial charge in [0.1, 0.15) is 0 Å². The van der Waals surface area contributed by atoms with E-state index in [2.05, 4.69) is 23.4 Å². The van der Waals surface area contributed by atoms with Gasteiger partial charge in [-0.2, -0.15) is 5.10 Å². The largest absolute Gasteiger partial charge is 0.356 e. The number of hydrogen-bond donors (Lipinski definition) is 1. The van der Waals surface area contributed by atoms with Gasteiger partial charge in [0, 0.05) is 23.4 Å². The van der Waals surface area contributed by atoms with E-state index in [1.54, 1.807) is 0 Å². The fraction of sp³-hybridized carbons (Fsp3) is 0.263. The number of hydrogen-bond acceptors (Lipinski definition) is 2. The zero-order valence-electron chi connectivity index (χ0n) is 13.6. The number of fused-ring (bicyclic) bond motifs is 1. The third-order valence-electron chi connectivity index (χ3n) is 4.11. The molecule has 5 heteroatoms. The molecule has 0 radical (unpaired) electrons. The first-order chi connectivity index (χ1) is 11.6. The zero-order valence-corrected chi connectivity index (χ0v) is 14.4. The van der Waals surface area contributed by atoms with Gasteiger partial charge in [-0.15, -0.1) is 0 Å². The molecular weight excluding hydrogens is 322 g/mol. The summed E-state index contributed by atoms with van der Waals surface area (Å²) in [7, 11) is 0. The van der Waals surface area contributed by atoms with E-state index in [1.165, 1.54) is 5.56 Å². The first kappa shape index (κ1) is 16.5. The highest BCUT2D eigenvalue weighted by atomic mass is 35.5. The van der Waals surface area contributed by atoms with Gasteiger partial charge < -0.3 is 5.32 Å². The Labute approximate surface area is 146 Å². The van der Waals surface area contributed by atoms with Crippen LogP contribution in [-0.2, 0) is 17.8 Å². The lowest BCUT2D eigenvalue weighted by Gasteiger charge is -2.07. The number of carbonyl (C=O) groups is 1. The molecule has 2 aromatic carbocycles. The smallest absolute Gasteiger partial charge is 0.221 e. The van der Waals surface area contributed by atoms with E-state index in [0.29, 0.717) is 19.5 Å². The Hall–Kier alpha value is -2.33. The Morgan fingerprint density at radius 2 is 2.00 bits per heavy atom. The van der Waals surface area contributed by atoms with Crippen LogP contribution >= 0.6 is 11.6 Å². The van der Waals surface area contributed by atoms with Crippen molar-refractivity contribution >= 4 is 28.4 Å². The number of benzene rings is 2. The van der Waals surface area contributed by atoms with Gasteiger partial charge in [0.15, 0.2) is 0 Å². The molecule has 24 heavy (non-hydrogen) atoms. The highest BCUT2D eigenvalue weighted by molar-refractivity contribution is 6.30. The van der Waals surface area contributed by atoms with Crippen LogP contribution in [0.5, 0.6) is 0 Å². The lowest BCUT2D eigenvalue weighted by atomic mass is 10.1. The Balaban J connectivity index is 1.48. The second kappa shape index (κ2) is 7.49. The van der Waals surface area contributed by atoms with E-state index in [1.807, 2.05) is 47.3 Å². The summed E-state index contributed by atoms with van der Waals surface area (Å²) in [6, 6.07) is 13.8. The van der Waals surface area contributed by atoms with Gasteiger partial charge in [-0.25, -0.2) is 0 Å². The highest BCUT2D eigenvalue weighted by Gasteiger charge is 2.07. The third kappa shape index (κ3) is 3.95. The molecule has 1 aromatic heterocycles. The lowest BCUT2D eigenvalue weighted by Crippen LogP contribution is -2.26. The first-order valence-electron chi connectivity index (χ1n) is 8.06. The van der Waals surface area contributed by atoms with Crippen LogP contribution in [0.4, 0.5) is 0 Å². The number of halogens is 1. The van der Waals surface area contributed by atoms with Gasteiger partial charge in [-0.05, 0) is 42.7 Å². The maximum absolute atomic E-state index is 12.0. The van der Waals surface area contributed by atoms with Crippen LogP contribution in [0.15, 0.2) is 48.7 Å². The minimum Gasteiger partial charge on any atom is -0.356 e. The molecule has 4 nitrogen and oxygen atoms in total. The number of aromatic nitrogens is 2. The molecule has 1 heterocycles. The molecule has 124 valence electrons. The summed E-state index contributed by atoms with van der Waals surface area (Å²) >= 11 is 5.86. The Morgan fingerprint density at radius 1 is 1.21 bits per heavy atom. The molecular formula is C19H20ClN3O. The zero-order chi connectivity index (χ0) is 16.9. The molecule has 3 aromatic rings. The predicted octanol–water partition coefficient (Wildman–Crippen LogP) is 3.75. The van der Waals surface area contributed by atoms with Crippen LogP contribution in [0.1, 0.15) is 17.5 Å².